The largest absolute Gasteiger partial charge is 0.495 e. The Hall–Kier alpha value is -2.08. The summed E-state index contributed by atoms with van der Waals surface area (Å²) in [4.78, 5) is 24.8. The van der Waals surface area contributed by atoms with Gasteiger partial charge in [0.2, 0.25) is 5.91 Å². The molecule has 1 saturated carbocycles. The molecule has 0 bridgehead atoms. The summed E-state index contributed by atoms with van der Waals surface area (Å²) in [6.45, 7) is 1.44. The number of ketones is 1. The summed E-state index contributed by atoms with van der Waals surface area (Å²) < 4.78 is 0. The van der Waals surface area contributed by atoms with Crippen molar-refractivity contribution in [1.82, 2.24) is 5.32 Å². The molecular weight excluding hydrogens is 296 g/mol. The van der Waals surface area contributed by atoms with E-state index in [2.05, 4.69) is 5.32 Å². The number of nitrogens with one attached hydrogen (secondary N) is 1. The molecule has 1 fully saturated rings. The first-order chi connectivity index (χ1) is 10.9. The molecule has 23 heavy (non-hydrogen) atoms. The van der Waals surface area contributed by atoms with E-state index in [9.17, 15) is 14.7 Å². The predicted octanol–water partition coefficient (Wildman–Crippen LogP) is 1.23. The van der Waals surface area contributed by atoms with Crippen LogP contribution < -0.4 is 11.1 Å². The lowest BCUT2D eigenvalue weighted by molar-refractivity contribution is -0.139. The molecule has 0 aromatic carbocycles. The minimum atomic E-state index is -1.09. The quantitative estimate of drug-likeness (QED) is 0.434. The summed E-state index contributed by atoms with van der Waals surface area (Å²) in [5, 5.41) is 21.4. The summed E-state index contributed by atoms with van der Waals surface area (Å²) in [5.41, 5.74) is 4.98. The standard InChI is InChI=1S/C17H24N2O4/c1-11(20)15(22)17(8-3-2-4-9-17)19-16(23)13-10-12(13)6-5-7-14(18)21/h5-7,10-11,13,20-21H,2-4,8-9,18H2,1H3,(H,19,23). The fourth-order valence-corrected chi connectivity index (χ4v) is 3.09. The Morgan fingerprint density at radius 2 is 2.04 bits per heavy atom. The van der Waals surface area contributed by atoms with E-state index in [0.29, 0.717) is 12.8 Å². The van der Waals surface area contributed by atoms with Crippen molar-refractivity contribution >= 4 is 11.7 Å². The Labute approximate surface area is 135 Å². The molecule has 6 heteroatoms. The topological polar surface area (TPSA) is 113 Å². The van der Waals surface area contributed by atoms with Gasteiger partial charge in [0.05, 0.1) is 5.92 Å². The molecule has 0 spiro atoms. The van der Waals surface area contributed by atoms with Crippen LogP contribution in [0, 0.1) is 5.92 Å². The maximum absolute atomic E-state index is 12.4. The third kappa shape index (κ3) is 4.22. The van der Waals surface area contributed by atoms with E-state index in [1.165, 1.54) is 13.0 Å². The van der Waals surface area contributed by atoms with E-state index >= 15 is 0 Å². The van der Waals surface area contributed by atoms with Crippen LogP contribution in [0.2, 0.25) is 0 Å². The number of aliphatic hydroxyl groups excluding tert-OH is 2. The highest BCUT2D eigenvalue weighted by Gasteiger charge is 2.44. The van der Waals surface area contributed by atoms with Gasteiger partial charge in [-0.25, -0.2) is 0 Å². The van der Waals surface area contributed by atoms with Gasteiger partial charge in [-0.3, -0.25) is 9.59 Å². The van der Waals surface area contributed by atoms with Crippen molar-refractivity contribution < 1.29 is 19.8 Å². The van der Waals surface area contributed by atoms with Crippen LogP contribution in [0.1, 0.15) is 39.0 Å². The Balaban J connectivity index is 1.99. The SMILES string of the molecule is CC(O)C(=O)C1(NC(=O)C2C=C2C=CC=C(N)O)CCCCC1. The van der Waals surface area contributed by atoms with Gasteiger partial charge in [0.15, 0.2) is 11.7 Å². The molecule has 0 aromatic rings. The number of allylic oxidation sites excluding steroid dienone is 3. The van der Waals surface area contributed by atoms with Crippen molar-refractivity contribution in [3.8, 4) is 0 Å². The van der Waals surface area contributed by atoms with Gasteiger partial charge in [-0.1, -0.05) is 37.5 Å². The summed E-state index contributed by atoms with van der Waals surface area (Å²) >= 11 is 0. The van der Waals surface area contributed by atoms with Gasteiger partial charge < -0.3 is 21.3 Å². The Morgan fingerprint density at radius 1 is 1.39 bits per heavy atom. The van der Waals surface area contributed by atoms with Gasteiger partial charge in [0.1, 0.15) is 11.6 Å². The number of hydrogen-bond acceptors (Lipinski definition) is 5. The van der Waals surface area contributed by atoms with Gasteiger partial charge in [0, 0.05) is 0 Å². The van der Waals surface area contributed by atoms with E-state index in [1.54, 1.807) is 18.2 Å². The monoisotopic (exact) mass is 320 g/mol. The van der Waals surface area contributed by atoms with Crippen LogP contribution in [0.4, 0.5) is 0 Å². The van der Waals surface area contributed by atoms with Crippen molar-refractivity contribution in [1.29, 1.82) is 0 Å². The van der Waals surface area contributed by atoms with Crippen LogP contribution >= 0.6 is 0 Å². The molecular formula is C17H24N2O4. The molecule has 0 radical (unpaired) electrons. The molecule has 2 atom stereocenters. The molecule has 1 amide bonds. The zero-order valence-electron chi connectivity index (χ0n) is 13.3. The molecule has 0 aliphatic heterocycles. The second-order valence-corrected chi connectivity index (χ2v) is 6.27. The molecule has 6 nitrogen and oxygen atoms in total. The highest BCUT2D eigenvalue weighted by Crippen LogP contribution is 2.34. The van der Waals surface area contributed by atoms with E-state index in [1.807, 2.05) is 0 Å². The lowest BCUT2D eigenvalue weighted by atomic mass is 9.77. The van der Waals surface area contributed by atoms with Crippen LogP contribution in [-0.4, -0.2) is 33.5 Å². The fraction of sp³-hybridized carbons (Fsp3) is 0.529. The molecule has 0 heterocycles. The number of carbonyl (C=O) groups is 2. The number of aliphatic hydroxyl groups is 2. The second kappa shape index (κ2) is 7.00. The van der Waals surface area contributed by atoms with Gasteiger partial charge in [-0.2, -0.15) is 0 Å². The third-order valence-electron chi connectivity index (χ3n) is 4.37. The van der Waals surface area contributed by atoms with E-state index in [4.69, 9.17) is 10.8 Å². The van der Waals surface area contributed by atoms with Crippen molar-refractivity contribution in [2.45, 2.75) is 50.7 Å². The number of rotatable bonds is 6. The average Bonchev–Trinajstić information content (AvgIpc) is 3.26. The van der Waals surface area contributed by atoms with Crippen molar-refractivity contribution in [3.05, 3.63) is 35.8 Å². The van der Waals surface area contributed by atoms with E-state index in [-0.39, 0.29) is 23.5 Å². The van der Waals surface area contributed by atoms with Gasteiger partial charge in [-0.15, -0.1) is 0 Å². The van der Waals surface area contributed by atoms with Gasteiger partial charge >= 0.3 is 0 Å². The predicted molar refractivity (Wildman–Crippen MR) is 86.3 cm³/mol. The Bertz CT molecular complexity index is 565. The van der Waals surface area contributed by atoms with E-state index in [0.717, 1.165) is 24.8 Å². The Morgan fingerprint density at radius 3 is 2.61 bits per heavy atom. The van der Waals surface area contributed by atoms with Crippen molar-refractivity contribution in [2.75, 3.05) is 0 Å². The van der Waals surface area contributed by atoms with Crippen LogP contribution in [0.15, 0.2) is 35.8 Å². The van der Waals surface area contributed by atoms with Crippen molar-refractivity contribution in [2.24, 2.45) is 11.7 Å². The fourth-order valence-electron chi connectivity index (χ4n) is 3.09. The summed E-state index contributed by atoms with van der Waals surface area (Å²) in [6, 6.07) is 0. The maximum Gasteiger partial charge on any atom is 0.232 e. The molecule has 2 unspecified atom stereocenters. The zero-order valence-corrected chi connectivity index (χ0v) is 13.3. The normalized spacial score (nSPS) is 24.9. The Kier molecular flexibility index (Phi) is 5.26. The molecule has 0 saturated heterocycles. The first-order valence-corrected chi connectivity index (χ1v) is 7.95. The first-order valence-electron chi connectivity index (χ1n) is 7.95. The first kappa shape index (κ1) is 17.3. The molecule has 126 valence electrons. The lowest BCUT2D eigenvalue weighted by Gasteiger charge is -2.37. The average molecular weight is 320 g/mol. The molecule has 2 rings (SSSR count). The van der Waals surface area contributed by atoms with Gasteiger partial charge in [0.25, 0.3) is 0 Å². The second-order valence-electron chi connectivity index (χ2n) is 6.27. The number of amides is 1. The third-order valence-corrected chi connectivity index (χ3v) is 4.37. The summed E-state index contributed by atoms with van der Waals surface area (Å²) in [5.74, 6) is -1.19. The maximum atomic E-state index is 12.4. The minimum Gasteiger partial charge on any atom is -0.495 e. The van der Waals surface area contributed by atoms with Crippen LogP contribution in [0.25, 0.3) is 0 Å². The minimum absolute atomic E-state index is 0.221. The van der Waals surface area contributed by atoms with E-state index < -0.39 is 11.6 Å². The number of nitrogens with two attached hydrogens (primary N) is 1. The smallest absolute Gasteiger partial charge is 0.232 e. The summed E-state index contributed by atoms with van der Waals surface area (Å²) in [7, 11) is 0. The van der Waals surface area contributed by atoms with Crippen molar-refractivity contribution in [3.63, 3.8) is 0 Å². The molecule has 2 aliphatic rings. The van der Waals surface area contributed by atoms with Gasteiger partial charge in [-0.05, 0) is 31.4 Å². The van der Waals surface area contributed by atoms with Crippen LogP contribution in [0.5, 0.6) is 0 Å². The summed E-state index contributed by atoms with van der Waals surface area (Å²) in [6.07, 6.45) is 9.18. The highest BCUT2D eigenvalue weighted by molar-refractivity contribution is 5.98. The molecule has 5 N–H and O–H groups in total. The highest BCUT2D eigenvalue weighted by atomic mass is 16.3. The van der Waals surface area contributed by atoms with Crippen LogP contribution in [0.3, 0.4) is 0 Å². The number of carbonyl (C=O) groups excluding carboxylic acids is 2. The molecule has 2 aliphatic carbocycles. The lowest BCUT2D eigenvalue weighted by Crippen LogP contribution is -2.58. The zero-order chi connectivity index (χ0) is 17.0. The number of hydrogen-bond donors (Lipinski definition) is 4. The molecule has 0 aromatic heterocycles. The van der Waals surface area contributed by atoms with Crippen LogP contribution in [-0.2, 0) is 9.59 Å². The number of Topliss-reactive ketones (excluding diaryl/α,β-unsaturated/α-hetero) is 1.